The second-order valence-corrected chi connectivity index (χ2v) is 5.76. The molecule has 1 aliphatic heterocycles. The minimum atomic E-state index is 0.177. The zero-order valence-corrected chi connectivity index (χ0v) is 13.0. The molecule has 3 rings (SSSR count). The molecule has 0 aliphatic carbocycles. The lowest BCUT2D eigenvalue weighted by molar-refractivity contribution is 0.301. The summed E-state index contributed by atoms with van der Waals surface area (Å²) >= 11 is 6.03. The van der Waals surface area contributed by atoms with Crippen LogP contribution in [0.1, 0.15) is 33.1 Å². The minimum Gasteiger partial charge on any atom is -0.340 e. The topological polar surface area (TPSA) is 72.6 Å². The monoisotopic (exact) mass is 307 g/mol. The summed E-state index contributed by atoms with van der Waals surface area (Å²) in [5, 5.41) is 4.21. The third-order valence-corrected chi connectivity index (χ3v) is 4.60. The van der Waals surface area contributed by atoms with Crippen molar-refractivity contribution in [2.24, 2.45) is 5.41 Å². The molecule has 0 bridgehead atoms. The van der Waals surface area contributed by atoms with Crippen LogP contribution in [0.5, 0.6) is 0 Å². The van der Waals surface area contributed by atoms with Crippen molar-refractivity contribution < 1.29 is 0 Å². The number of hydrogen-bond acceptors (Lipinski definition) is 6. The highest BCUT2D eigenvalue weighted by Crippen LogP contribution is 2.38. The van der Waals surface area contributed by atoms with Gasteiger partial charge in [-0.15, -0.1) is 0 Å². The second kappa shape index (κ2) is 5.55. The predicted octanol–water partition coefficient (Wildman–Crippen LogP) is 2.12. The molecule has 3 heterocycles. The Morgan fingerprint density at radius 2 is 1.95 bits per heavy atom. The summed E-state index contributed by atoms with van der Waals surface area (Å²) in [6.45, 7) is 6.39. The van der Waals surface area contributed by atoms with Gasteiger partial charge in [0, 0.05) is 13.1 Å². The smallest absolute Gasteiger partial charge is 0.258 e. The number of hydrogen-bond donors (Lipinski definition) is 0. The van der Waals surface area contributed by atoms with Crippen molar-refractivity contribution in [3.05, 3.63) is 17.9 Å². The number of nitrogens with zero attached hydrogens (tertiary/aromatic N) is 7. The van der Waals surface area contributed by atoms with Crippen LogP contribution in [0.4, 0.5) is 5.95 Å². The molecule has 0 atom stereocenters. The first-order valence-corrected chi connectivity index (χ1v) is 7.55. The van der Waals surface area contributed by atoms with Gasteiger partial charge in [0.05, 0.1) is 0 Å². The van der Waals surface area contributed by atoms with Gasteiger partial charge in [0.2, 0.25) is 11.2 Å². The summed E-state index contributed by atoms with van der Waals surface area (Å²) in [6.07, 6.45) is 6.46. The van der Waals surface area contributed by atoms with E-state index in [-0.39, 0.29) is 5.28 Å². The average Bonchev–Trinajstić information content (AvgIpc) is 3.17. The maximum Gasteiger partial charge on any atom is 0.258 e. The fourth-order valence-electron chi connectivity index (χ4n) is 2.82. The summed E-state index contributed by atoms with van der Waals surface area (Å²) in [5.74, 6) is 1.01. The maximum atomic E-state index is 6.03. The Bertz CT molecular complexity index is 609. The van der Waals surface area contributed by atoms with E-state index in [1.807, 2.05) is 0 Å². The van der Waals surface area contributed by atoms with Crippen molar-refractivity contribution >= 4 is 17.5 Å². The van der Waals surface area contributed by atoms with Crippen LogP contribution in [-0.2, 0) is 0 Å². The molecule has 2 aromatic heterocycles. The summed E-state index contributed by atoms with van der Waals surface area (Å²) in [5.41, 5.74) is 0.354. The summed E-state index contributed by atoms with van der Waals surface area (Å²) in [7, 11) is 0. The first-order valence-electron chi connectivity index (χ1n) is 7.17. The lowest BCUT2D eigenvalue weighted by Gasteiger charge is -2.26. The van der Waals surface area contributed by atoms with Gasteiger partial charge in [-0.2, -0.15) is 24.7 Å². The highest BCUT2D eigenvalue weighted by atomic mass is 35.5. The van der Waals surface area contributed by atoms with E-state index in [1.165, 1.54) is 11.0 Å². The molecule has 0 saturated carbocycles. The molecule has 7 nitrogen and oxygen atoms in total. The van der Waals surface area contributed by atoms with Crippen LogP contribution < -0.4 is 4.90 Å². The van der Waals surface area contributed by atoms with Crippen molar-refractivity contribution in [1.82, 2.24) is 29.7 Å². The van der Waals surface area contributed by atoms with Gasteiger partial charge in [-0.05, 0) is 36.3 Å². The van der Waals surface area contributed by atoms with Gasteiger partial charge in [-0.3, -0.25) is 0 Å². The maximum absolute atomic E-state index is 6.03. The predicted molar refractivity (Wildman–Crippen MR) is 79.6 cm³/mol. The van der Waals surface area contributed by atoms with Crippen LogP contribution in [0.3, 0.4) is 0 Å². The van der Waals surface area contributed by atoms with Gasteiger partial charge >= 0.3 is 0 Å². The lowest BCUT2D eigenvalue weighted by atomic mass is 9.82. The molecule has 0 N–H and O–H groups in total. The average molecular weight is 308 g/mol. The molecule has 0 aromatic carbocycles. The van der Waals surface area contributed by atoms with E-state index >= 15 is 0 Å². The van der Waals surface area contributed by atoms with Gasteiger partial charge in [0.1, 0.15) is 12.7 Å². The van der Waals surface area contributed by atoms with Crippen molar-refractivity contribution in [1.29, 1.82) is 0 Å². The van der Waals surface area contributed by atoms with Crippen molar-refractivity contribution in [3.8, 4) is 5.95 Å². The summed E-state index contributed by atoms with van der Waals surface area (Å²) < 4.78 is 1.49. The standard InChI is InChI=1S/C13H18ClN7/c1-3-13(4-2)5-6-20(7-13)11-17-10(14)18-12(19-11)21-9-15-8-16-21/h8-9H,3-7H2,1-2H3. The van der Waals surface area contributed by atoms with Crippen molar-refractivity contribution in [3.63, 3.8) is 0 Å². The molecular weight excluding hydrogens is 290 g/mol. The number of anilines is 1. The van der Waals surface area contributed by atoms with E-state index in [0.717, 1.165) is 32.4 Å². The van der Waals surface area contributed by atoms with Crippen LogP contribution in [0.15, 0.2) is 12.7 Å². The summed E-state index contributed by atoms with van der Waals surface area (Å²) in [4.78, 5) is 18.9. The number of aromatic nitrogens is 6. The zero-order chi connectivity index (χ0) is 14.9. The molecule has 1 fully saturated rings. The molecular formula is C13H18ClN7. The third kappa shape index (κ3) is 2.70. The quantitative estimate of drug-likeness (QED) is 0.861. The first kappa shape index (κ1) is 14.2. The molecule has 1 saturated heterocycles. The van der Waals surface area contributed by atoms with Gasteiger partial charge < -0.3 is 4.90 Å². The van der Waals surface area contributed by atoms with Crippen LogP contribution in [0, 0.1) is 5.41 Å². The Kier molecular flexibility index (Phi) is 3.75. The molecule has 0 unspecified atom stereocenters. The fraction of sp³-hybridized carbons (Fsp3) is 0.615. The van der Waals surface area contributed by atoms with Crippen LogP contribution in [0.2, 0.25) is 5.28 Å². The van der Waals surface area contributed by atoms with Crippen LogP contribution >= 0.6 is 11.6 Å². The lowest BCUT2D eigenvalue weighted by Crippen LogP contribution is -2.28. The molecule has 112 valence electrons. The van der Waals surface area contributed by atoms with E-state index in [0.29, 0.717) is 17.3 Å². The second-order valence-electron chi connectivity index (χ2n) is 5.42. The molecule has 2 aromatic rings. The molecule has 1 aliphatic rings. The third-order valence-electron chi connectivity index (χ3n) is 4.43. The Balaban J connectivity index is 1.90. The SMILES string of the molecule is CCC1(CC)CCN(c2nc(Cl)nc(-n3cncn3)n2)C1. The summed E-state index contributed by atoms with van der Waals surface area (Å²) in [6, 6.07) is 0. The first-order chi connectivity index (χ1) is 10.2. The van der Waals surface area contributed by atoms with Gasteiger partial charge in [-0.25, -0.2) is 4.98 Å². The molecule has 0 radical (unpaired) electrons. The number of halogens is 1. The normalized spacial score (nSPS) is 17.4. The Morgan fingerprint density at radius 1 is 1.19 bits per heavy atom. The van der Waals surface area contributed by atoms with Gasteiger partial charge in [-0.1, -0.05) is 13.8 Å². The molecule has 0 spiro atoms. The Hall–Kier alpha value is -1.76. The minimum absolute atomic E-state index is 0.177. The van der Waals surface area contributed by atoms with E-state index < -0.39 is 0 Å². The van der Waals surface area contributed by atoms with Crippen LogP contribution in [-0.4, -0.2) is 42.8 Å². The zero-order valence-electron chi connectivity index (χ0n) is 12.2. The fourth-order valence-corrected chi connectivity index (χ4v) is 2.97. The van der Waals surface area contributed by atoms with Crippen molar-refractivity contribution in [2.45, 2.75) is 33.1 Å². The van der Waals surface area contributed by atoms with Gasteiger partial charge in [0.25, 0.3) is 5.95 Å². The van der Waals surface area contributed by atoms with E-state index in [9.17, 15) is 0 Å². The van der Waals surface area contributed by atoms with E-state index in [1.54, 1.807) is 6.33 Å². The highest BCUT2D eigenvalue weighted by molar-refractivity contribution is 6.28. The number of rotatable bonds is 4. The van der Waals surface area contributed by atoms with E-state index in [2.05, 4.69) is 43.8 Å². The van der Waals surface area contributed by atoms with E-state index in [4.69, 9.17) is 11.6 Å². The highest BCUT2D eigenvalue weighted by Gasteiger charge is 2.36. The molecule has 0 amide bonds. The Morgan fingerprint density at radius 3 is 2.57 bits per heavy atom. The molecule has 21 heavy (non-hydrogen) atoms. The van der Waals surface area contributed by atoms with Crippen LogP contribution in [0.25, 0.3) is 5.95 Å². The molecule has 8 heteroatoms. The Labute approximate surface area is 128 Å². The largest absolute Gasteiger partial charge is 0.340 e. The van der Waals surface area contributed by atoms with Gasteiger partial charge in [0.15, 0.2) is 0 Å². The van der Waals surface area contributed by atoms with Crippen molar-refractivity contribution in [2.75, 3.05) is 18.0 Å².